The van der Waals surface area contributed by atoms with E-state index in [4.69, 9.17) is 9.47 Å². The Balaban J connectivity index is 2.14. The second-order valence-corrected chi connectivity index (χ2v) is 4.18. The molecule has 0 fully saturated rings. The molecule has 2 aromatic carbocycles. The van der Waals surface area contributed by atoms with Gasteiger partial charge >= 0.3 is 0 Å². The van der Waals surface area contributed by atoms with Crippen LogP contribution in [0.3, 0.4) is 0 Å². The largest absolute Gasteiger partial charge is 0.497 e. The first-order valence-corrected chi connectivity index (χ1v) is 6.22. The van der Waals surface area contributed by atoms with Gasteiger partial charge in [-0.05, 0) is 36.2 Å². The van der Waals surface area contributed by atoms with Crippen molar-refractivity contribution >= 4 is 0 Å². The molecule has 0 aromatic heterocycles. The van der Waals surface area contributed by atoms with Gasteiger partial charge in [-0.25, -0.2) is 0 Å². The third-order valence-corrected chi connectivity index (χ3v) is 2.71. The first-order valence-electron chi connectivity index (χ1n) is 6.22. The number of methoxy groups -OCH3 is 1. The van der Waals surface area contributed by atoms with Crippen molar-refractivity contribution in [1.82, 2.24) is 0 Å². The molecule has 0 saturated carbocycles. The van der Waals surface area contributed by atoms with Crippen LogP contribution >= 0.6 is 0 Å². The predicted molar refractivity (Wildman–Crippen MR) is 73.5 cm³/mol. The average Bonchev–Trinajstić information content (AvgIpc) is 2.40. The zero-order chi connectivity index (χ0) is 12.8. The molecule has 0 aliphatic carbocycles. The van der Waals surface area contributed by atoms with Gasteiger partial charge in [0.1, 0.15) is 17.2 Å². The van der Waals surface area contributed by atoms with E-state index in [-0.39, 0.29) is 0 Å². The van der Waals surface area contributed by atoms with Crippen LogP contribution in [-0.4, -0.2) is 7.11 Å². The van der Waals surface area contributed by atoms with E-state index in [0.29, 0.717) is 0 Å². The van der Waals surface area contributed by atoms with E-state index in [9.17, 15) is 0 Å². The van der Waals surface area contributed by atoms with Crippen molar-refractivity contribution in [3.63, 3.8) is 0 Å². The van der Waals surface area contributed by atoms with Gasteiger partial charge in [-0.1, -0.05) is 31.5 Å². The molecule has 2 rings (SSSR count). The molecular weight excluding hydrogens is 224 g/mol. The highest BCUT2D eigenvalue weighted by Gasteiger charge is 2.00. The highest BCUT2D eigenvalue weighted by molar-refractivity contribution is 5.38. The molecule has 2 aromatic rings. The normalized spacial score (nSPS) is 10.1. The minimum atomic E-state index is 0.794. The molecule has 0 unspecified atom stereocenters. The van der Waals surface area contributed by atoms with Crippen molar-refractivity contribution in [2.75, 3.05) is 7.11 Å². The standard InChI is InChI=1S/C16H18O2/c1-3-6-13-7-4-9-15(11-13)18-16-10-5-8-14(12-16)17-2/h4-5,7-12H,3,6H2,1-2H3. The van der Waals surface area contributed by atoms with Crippen LogP contribution in [0.2, 0.25) is 0 Å². The molecule has 0 amide bonds. The highest BCUT2D eigenvalue weighted by Crippen LogP contribution is 2.25. The third-order valence-electron chi connectivity index (χ3n) is 2.71. The van der Waals surface area contributed by atoms with Crippen molar-refractivity contribution in [1.29, 1.82) is 0 Å². The second kappa shape index (κ2) is 6.10. The Morgan fingerprint density at radius 1 is 0.889 bits per heavy atom. The molecule has 0 bridgehead atoms. The summed E-state index contributed by atoms with van der Waals surface area (Å²) < 4.78 is 11.0. The zero-order valence-electron chi connectivity index (χ0n) is 10.8. The van der Waals surface area contributed by atoms with Crippen molar-refractivity contribution < 1.29 is 9.47 Å². The first-order chi connectivity index (χ1) is 8.81. The lowest BCUT2D eigenvalue weighted by molar-refractivity contribution is 0.409. The molecule has 2 heteroatoms. The van der Waals surface area contributed by atoms with Crippen molar-refractivity contribution in [2.45, 2.75) is 19.8 Å². The van der Waals surface area contributed by atoms with Gasteiger partial charge < -0.3 is 9.47 Å². The van der Waals surface area contributed by atoms with Gasteiger partial charge in [0.2, 0.25) is 0 Å². The number of aryl methyl sites for hydroxylation is 1. The maximum Gasteiger partial charge on any atom is 0.131 e. The van der Waals surface area contributed by atoms with Gasteiger partial charge in [-0.2, -0.15) is 0 Å². The van der Waals surface area contributed by atoms with Gasteiger partial charge in [-0.15, -0.1) is 0 Å². The minimum absolute atomic E-state index is 0.794. The Kier molecular flexibility index (Phi) is 4.24. The topological polar surface area (TPSA) is 18.5 Å². The van der Waals surface area contributed by atoms with Gasteiger partial charge in [0, 0.05) is 6.07 Å². The Labute approximate surface area is 108 Å². The number of hydrogen-bond acceptors (Lipinski definition) is 2. The van der Waals surface area contributed by atoms with Crippen molar-refractivity contribution in [2.24, 2.45) is 0 Å². The summed E-state index contributed by atoms with van der Waals surface area (Å²) in [5, 5.41) is 0. The summed E-state index contributed by atoms with van der Waals surface area (Å²) >= 11 is 0. The van der Waals surface area contributed by atoms with E-state index in [1.54, 1.807) is 7.11 Å². The lowest BCUT2D eigenvalue weighted by Crippen LogP contribution is -1.88. The fourth-order valence-corrected chi connectivity index (χ4v) is 1.85. The molecule has 0 atom stereocenters. The Bertz CT molecular complexity index is 506. The molecule has 0 radical (unpaired) electrons. The third kappa shape index (κ3) is 3.27. The minimum Gasteiger partial charge on any atom is -0.497 e. The summed E-state index contributed by atoms with van der Waals surface area (Å²) in [6.07, 6.45) is 2.22. The lowest BCUT2D eigenvalue weighted by Gasteiger charge is -2.08. The summed E-state index contributed by atoms with van der Waals surface area (Å²) in [5.74, 6) is 2.47. The van der Waals surface area contributed by atoms with E-state index >= 15 is 0 Å². The van der Waals surface area contributed by atoms with E-state index in [0.717, 1.165) is 30.1 Å². The van der Waals surface area contributed by atoms with Crippen molar-refractivity contribution in [3.8, 4) is 17.2 Å². The van der Waals surface area contributed by atoms with Crippen LogP contribution in [0.1, 0.15) is 18.9 Å². The summed E-state index contributed by atoms with van der Waals surface area (Å²) in [6, 6.07) is 15.8. The summed E-state index contributed by atoms with van der Waals surface area (Å²) in [4.78, 5) is 0. The predicted octanol–water partition coefficient (Wildman–Crippen LogP) is 4.44. The molecule has 94 valence electrons. The summed E-state index contributed by atoms with van der Waals surface area (Å²) in [5.41, 5.74) is 1.30. The molecule has 0 aliphatic heterocycles. The zero-order valence-corrected chi connectivity index (χ0v) is 10.8. The molecule has 0 N–H and O–H groups in total. The van der Waals surface area contributed by atoms with Crippen LogP contribution in [0.4, 0.5) is 0 Å². The maximum atomic E-state index is 5.83. The fraction of sp³-hybridized carbons (Fsp3) is 0.250. The van der Waals surface area contributed by atoms with Crippen LogP contribution in [0.25, 0.3) is 0 Å². The molecule has 0 heterocycles. The summed E-state index contributed by atoms with van der Waals surface area (Å²) in [7, 11) is 1.65. The van der Waals surface area contributed by atoms with E-state index < -0.39 is 0 Å². The monoisotopic (exact) mass is 242 g/mol. The highest BCUT2D eigenvalue weighted by atomic mass is 16.5. The van der Waals surface area contributed by atoms with E-state index in [1.165, 1.54) is 5.56 Å². The maximum absolute atomic E-state index is 5.83. The SMILES string of the molecule is CCCc1cccc(Oc2cccc(OC)c2)c1. The molecule has 0 spiro atoms. The van der Waals surface area contributed by atoms with Crippen LogP contribution in [-0.2, 0) is 6.42 Å². The van der Waals surface area contributed by atoms with Gasteiger partial charge in [0.25, 0.3) is 0 Å². The fourth-order valence-electron chi connectivity index (χ4n) is 1.85. The Morgan fingerprint density at radius 3 is 2.28 bits per heavy atom. The molecule has 0 aliphatic rings. The molecule has 2 nitrogen and oxygen atoms in total. The Hall–Kier alpha value is -1.96. The van der Waals surface area contributed by atoms with Crippen LogP contribution < -0.4 is 9.47 Å². The quantitative estimate of drug-likeness (QED) is 0.771. The van der Waals surface area contributed by atoms with Gasteiger partial charge in [-0.3, -0.25) is 0 Å². The number of hydrogen-bond donors (Lipinski definition) is 0. The van der Waals surface area contributed by atoms with E-state index in [2.05, 4.69) is 19.1 Å². The molecular formula is C16H18O2. The smallest absolute Gasteiger partial charge is 0.131 e. The first kappa shape index (κ1) is 12.5. The number of rotatable bonds is 5. The Morgan fingerprint density at radius 2 is 1.56 bits per heavy atom. The van der Waals surface area contributed by atoms with E-state index in [1.807, 2.05) is 36.4 Å². The number of ether oxygens (including phenoxy) is 2. The van der Waals surface area contributed by atoms with Crippen LogP contribution in [0, 0.1) is 0 Å². The van der Waals surface area contributed by atoms with Crippen LogP contribution in [0.5, 0.6) is 17.2 Å². The lowest BCUT2D eigenvalue weighted by atomic mass is 10.1. The van der Waals surface area contributed by atoms with Crippen molar-refractivity contribution in [3.05, 3.63) is 54.1 Å². The molecule has 0 saturated heterocycles. The second-order valence-electron chi connectivity index (χ2n) is 4.18. The molecule has 18 heavy (non-hydrogen) atoms. The van der Waals surface area contributed by atoms with Gasteiger partial charge in [0.15, 0.2) is 0 Å². The van der Waals surface area contributed by atoms with Gasteiger partial charge in [0.05, 0.1) is 7.11 Å². The van der Waals surface area contributed by atoms with Crippen LogP contribution in [0.15, 0.2) is 48.5 Å². The number of benzene rings is 2. The average molecular weight is 242 g/mol. The summed E-state index contributed by atoms with van der Waals surface area (Å²) in [6.45, 7) is 2.18.